The van der Waals surface area contributed by atoms with Crippen molar-refractivity contribution in [2.24, 2.45) is 5.41 Å². The minimum absolute atomic E-state index is 0.239. The number of carbonyl (C=O) groups excluding carboxylic acids is 1. The number of benzene rings is 1. The standard InChI is InChI=1S/C15H22ClNO/c1-15(2,3)14(18)8-9-17(4)11-12-6-5-7-13(16)10-12/h5-7,10H,8-9,11H2,1-4H3. The number of rotatable bonds is 5. The van der Waals surface area contributed by atoms with Crippen LogP contribution in [0.2, 0.25) is 5.02 Å². The second kappa shape index (κ2) is 6.35. The molecule has 0 saturated heterocycles. The van der Waals surface area contributed by atoms with Gasteiger partial charge in [-0.15, -0.1) is 0 Å². The second-order valence-corrected chi connectivity index (χ2v) is 6.23. The summed E-state index contributed by atoms with van der Waals surface area (Å²) in [7, 11) is 2.02. The first-order valence-corrected chi connectivity index (χ1v) is 6.63. The molecule has 0 saturated carbocycles. The Balaban J connectivity index is 2.43. The summed E-state index contributed by atoms with van der Waals surface area (Å²) in [5.74, 6) is 0.306. The summed E-state index contributed by atoms with van der Waals surface area (Å²) in [5.41, 5.74) is 0.935. The Bertz CT molecular complexity index is 409. The Labute approximate surface area is 115 Å². The Morgan fingerprint density at radius 3 is 2.56 bits per heavy atom. The highest BCUT2D eigenvalue weighted by atomic mass is 35.5. The molecule has 1 aromatic rings. The third-order valence-corrected chi connectivity index (χ3v) is 3.13. The van der Waals surface area contributed by atoms with Gasteiger partial charge in [-0.2, -0.15) is 0 Å². The summed E-state index contributed by atoms with van der Waals surface area (Å²) in [4.78, 5) is 14.0. The number of hydrogen-bond acceptors (Lipinski definition) is 2. The van der Waals surface area contributed by atoms with E-state index in [1.54, 1.807) is 0 Å². The van der Waals surface area contributed by atoms with Crippen molar-refractivity contribution in [1.82, 2.24) is 4.90 Å². The smallest absolute Gasteiger partial charge is 0.139 e. The minimum Gasteiger partial charge on any atom is -0.302 e. The van der Waals surface area contributed by atoms with Crippen molar-refractivity contribution < 1.29 is 4.79 Å². The fourth-order valence-corrected chi connectivity index (χ4v) is 1.91. The molecule has 2 nitrogen and oxygen atoms in total. The quantitative estimate of drug-likeness (QED) is 0.809. The summed E-state index contributed by atoms with van der Waals surface area (Å²) in [6, 6.07) is 7.83. The molecule has 0 radical (unpaired) electrons. The fourth-order valence-electron chi connectivity index (χ4n) is 1.69. The van der Waals surface area contributed by atoms with Gasteiger partial charge in [-0.25, -0.2) is 0 Å². The molecule has 1 rings (SSSR count). The lowest BCUT2D eigenvalue weighted by Gasteiger charge is -2.20. The summed E-state index contributed by atoms with van der Waals surface area (Å²) < 4.78 is 0. The minimum atomic E-state index is -0.239. The van der Waals surface area contributed by atoms with Gasteiger partial charge in [-0.3, -0.25) is 4.79 Å². The maximum Gasteiger partial charge on any atom is 0.139 e. The van der Waals surface area contributed by atoms with Crippen LogP contribution >= 0.6 is 11.6 Å². The van der Waals surface area contributed by atoms with E-state index < -0.39 is 0 Å². The van der Waals surface area contributed by atoms with E-state index in [2.05, 4.69) is 4.90 Å². The van der Waals surface area contributed by atoms with Crippen LogP contribution in [0.4, 0.5) is 0 Å². The van der Waals surface area contributed by atoms with E-state index in [0.29, 0.717) is 12.2 Å². The molecule has 18 heavy (non-hydrogen) atoms. The van der Waals surface area contributed by atoms with Gasteiger partial charge in [0.05, 0.1) is 0 Å². The molecule has 0 amide bonds. The normalized spacial score (nSPS) is 11.9. The lowest BCUT2D eigenvalue weighted by molar-refractivity contribution is -0.126. The van der Waals surface area contributed by atoms with Gasteiger partial charge in [0.15, 0.2) is 0 Å². The third kappa shape index (κ3) is 5.19. The van der Waals surface area contributed by atoms with Crippen LogP contribution in [0.1, 0.15) is 32.8 Å². The average molecular weight is 268 g/mol. The molecule has 3 heteroatoms. The molecule has 1 aromatic carbocycles. The molecule has 0 heterocycles. The lowest BCUT2D eigenvalue weighted by atomic mass is 9.89. The summed E-state index contributed by atoms with van der Waals surface area (Å²) in [6.45, 7) is 7.49. The highest BCUT2D eigenvalue weighted by Crippen LogP contribution is 2.17. The highest BCUT2D eigenvalue weighted by molar-refractivity contribution is 6.30. The van der Waals surface area contributed by atoms with Gasteiger partial charge in [0.2, 0.25) is 0 Å². The molecule has 0 atom stereocenters. The SMILES string of the molecule is CN(CCC(=O)C(C)(C)C)Cc1cccc(Cl)c1. The largest absolute Gasteiger partial charge is 0.302 e. The fraction of sp³-hybridized carbons (Fsp3) is 0.533. The van der Waals surface area contributed by atoms with Crippen LogP contribution in [0.15, 0.2) is 24.3 Å². The van der Waals surface area contributed by atoms with E-state index in [0.717, 1.165) is 18.1 Å². The summed E-state index contributed by atoms with van der Waals surface area (Å²) in [6.07, 6.45) is 0.598. The maximum atomic E-state index is 11.8. The van der Waals surface area contributed by atoms with Gasteiger partial charge in [-0.1, -0.05) is 44.5 Å². The zero-order valence-electron chi connectivity index (χ0n) is 11.7. The van der Waals surface area contributed by atoms with Crippen molar-refractivity contribution >= 4 is 17.4 Å². The molecule has 100 valence electrons. The van der Waals surface area contributed by atoms with Gasteiger partial charge in [-0.05, 0) is 24.7 Å². The van der Waals surface area contributed by atoms with Gasteiger partial charge >= 0.3 is 0 Å². The zero-order valence-corrected chi connectivity index (χ0v) is 12.4. The second-order valence-electron chi connectivity index (χ2n) is 5.79. The van der Waals surface area contributed by atoms with E-state index in [4.69, 9.17) is 11.6 Å². The van der Waals surface area contributed by atoms with Crippen LogP contribution in [0.5, 0.6) is 0 Å². The van der Waals surface area contributed by atoms with Crippen molar-refractivity contribution in [3.63, 3.8) is 0 Å². The van der Waals surface area contributed by atoms with Crippen molar-refractivity contribution in [2.45, 2.75) is 33.7 Å². The Morgan fingerprint density at radius 1 is 1.33 bits per heavy atom. The van der Waals surface area contributed by atoms with Crippen LogP contribution in [-0.4, -0.2) is 24.3 Å². The zero-order chi connectivity index (χ0) is 13.8. The van der Waals surface area contributed by atoms with E-state index >= 15 is 0 Å². The summed E-state index contributed by atoms with van der Waals surface area (Å²) in [5, 5.41) is 0.756. The maximum absolute atomic E-state index is 11.8. The van der Waals surface area contributed by atoms with E-state index in [-0.39, 0.29) is 5.41 Å². The molecule has 0 N–H and O–H groups in total. The van der Waals surface area contributed by atoms with Crippen molar-refractivity contribution in [2.75, 3.05) is 13.6 Å². The molecule has 0 aliphatic carbocycles. The van der Waals surface area contributed by atoms with Gasteiger partial charge in [0.25, 0.3) is 0 Å². The number of ketones is 1. The van der Waals surface area contributed by atoms with Gasteiger partial charge in [0.1, 0.15) is 5.78 Å². The third-order valence-electron chi connectivity index (χ3n) is 2.90. The van der Waals surface area contributed by atoms with Crippen molar-refractivity contribution in [3.05, 3.63) is 34.9 Å². The first-order valence-electron chi connectivity index (χ1n) is 6.25. The van der Waals surface area contributed by atoms with Crippen LogP contribution in [0, 0.1) is 5.41 Å². The number of halogens is 1. The van der Waals surface area contributed by atoms with Gasteiger partial charge in [0, 0.05) is 29.9 Å². The first kappa shape index (κ1) is 15.2. The van der Waals surface area contributed by atoms with Crippen LogP contribution in [-0.2, 0) is 11.3 Å². The average Bonchev–Trinajstić information content (AvgIpc) is 2.24. The van der Waals surface area contributed by atoms with Gasteiger partial charge < -0.3 is 4.90 Å². The Kier molecular flexibility index (Phi) is 5.36. The van der Waals surface area contributed by atoms with Crippen molar-refractivity contribution in [1.29, 1.82) is 0 Å². The summed E-state index contributed by atoms with van der Waals surface area (Å²) >= 11 is 5.94. The molecule has 0 aromatic heterocycles. The number of Topliss-reactive ketones (excluding diaryl/α,β-unsaturated/α-hetero) is 1. The molecule has 0 unspecified atom stereocenters. The molecule has 0 spiro atoms. The van der Waals surface area contributed by atoms with E-state index in [1.807, 2.05) is 52.1 Å². The van der Waals surface area contributed by atoms with Crippen LogP contribution in [0.3, 0.4) is 0 Å². The monoisotopic (exact) mass is 267 g/mol. The highest BCUT2D eigenvalue weighted by Gasteiger charge is 2.20. The molecule has 0 bridgehead atoms. The predicted molar refractivity (Wildman–Crippen MR) is 76.9 cm³/mol. The van der Waals surface area contributed by atoms with Crippen LogP contribution < -0.4 is 0 Å². The van der Waals surface area contributed by atoms with Crippen LogP contribution in [0.25, 0.3) is 0 Å². The molecular weight excluding hydrogens is 246 g/mol. The van der Waals surface area contributed by atoms with Crippen molar-refractivity contribution in [3.8, 4) is 0 Å². The predicted octanol–water partition coefficient (Wildman–Crippen LogP) is 3.78. The van der Waals surface area contributed by atoms with E-state index in [9.17, 15) is 4.79 Å². The number of nitrogens with zero attached hydrogens (tertiary/aromatic N) is 1. The number of carbonyl (C=O) groups is 1. The molecule has 0 fully saturated rings. The number of hydrogen-bond donors (Lipinski definition) is 0. The first-order chi connectivity index (χ1) is 8.29. The topological polar surface area (TPSA) is 20.3 Å². The molecular formula is C15H22ClNO. The Morgan fingerprint density at radius 2 is 2.00 bits per heavy atom. The Hall–Kier alpha value is -0.860. The molecule has 0 aliphatic rings. The van der Waals surface area contributed by atoms with E-state index in [1.165, 1.54) is 5.56 Å². The molecule has 0 aliphatic heterocycles. The lowest BCUT2D eigenvalue weighted by Crippen LogP contribution is -2.27.